The van der Waals surface area contributed by atoms with E-state index in [0.717, 1.165) is 17.1 Å². The number of nitrogens with zero attached hydrogens (tertiary/aromatic N) is 3. The van der Waals surface area contributed by atoms with E-state index in [0.29, 0.717) is 30.6 Å². The number of rotatable bonds is 8. The highest BCUT2D eigenvalue weighted by molar-refractivity contribution is 5.66. The first-order chi connectivity index (χ1) is 15.1. The first-order valence-electron chi connectivity index (χ1n) is 9.85. The second-order valence-corrected chi connectivity index (χ2v) is 6.97. The standard InChI is InChI=1S/C23H20FN5O2/c24-18-10-8-17(9-11-18)19-12-13-21(29(30)31)23(28-19)25-14-4-7-22-26-15-20(27-22)16-5-2-1-3-6-16/h1-3,5-6,8-13,15H,4,7,14H2,(H,25,28)(H,26,27). The molecule has 4 aromatic rings. The van der Waals surface area contributed by atoms with Gasteiger partial charge in [0.15, 0.2) is 0 Å². The third kappa shape index (κ3) is 4.92. The summed E-state index contributed by atoms with van der Waals surface area (Å²) < 4.78 is 13.2. The first kappa shape index (κ1) is 20.2. The normalized spacial score (nSPS) is 10.7. The van der Waals surface area contributed by atoms with E-state index >= 15 is 0 Å². The highest BCUT2D eigenvalue weighted by Gasteiger charge is 2.16. The van der Waals surface area contributed by atoms with Gasteiger partial charge >= 0.3 is 5.69 Å². The van der Waals surface area contributed by atoms with Gasteiger partial charge in [0, 0.05) is 24.6 Å². The van der Waals surface area contributed by atoms with Gasteiger partial charge in [-0.3, -0.25) is 10.1 Å². The van der Waals surface area contributed by atoms with Crippen molar-refractivity contribution < 1.29 is 9.31 Å². The maximum Gasteiger partial charge on any atom is 0.311 e. The topological polar surface area (TPSA) is 96.7 Å². The lowest BCUT2D eigenvalue weighted by Gasteiger charge is -2.08. The molecule has 0 spiro atoms. The van der Waals surface area contributed by atoms with Gasteiger partial charge in [-0.1, -0.05) is 30.3 Å². The quantitative estimate of drug-likeness (QED) is 0.232. The Morgan fingerprint density at radius 1 is 1.00 bits per heavy atom. The number of hydrogen-bond acceptors (Lipinski definition) is 5. The highest BCUT2D eigenvalue weighted by Crippen LogP contribution is 2.27. The molecule has 2 aromatic heterocycles. The van der Waals surface area contributed by atoms with E-state index in [4.69, 9.17) is 0 Å². The van der Waals surface area contributed by atoms with Crippen LogP contribution < -0.4 is 5.32 Å². The van der Waals surface area contributed by atoms with Gasteiger partial charge in [-0.25, -0.2) is 14.4 Å². The van der Waals surface area contributed by atoms with Crippen LogP contribution in [0.2, 0.25) is 0 Å². The fourth-order valence-electron chi connectivity index (χ4n) is 3.23. The number of anilines is 1. The van der Waals surface area contributed by atoms with Gasteiger partial charge in [0.1, 0.15) is 11.6 Å². The molecule has 0 saturated heterocycles. The Balaban J connectivity index is 1.40. The molecule has 4 rings (SSSR count). The number of hydrogen-bond donors (Lipinski definition) is 2. The van der Waals surface area contributed by atoms with Crippen LogP contribution in [-0.4, -0.2) is 26.4 Å². The van der Waals surface area contributed by atoms with Gasteiger partial charge in [-0.05, 0) is 42.3 Å². The number of pyridine rings is 1. The number of benzene rings is 2. The van der Waals surface area contributed by atoms with Gasteiger partial charge in [-0.2, -0.15) is 0 Å². The Hall–Kier alpha value is -4.07. The monoisotopic (exact) mass is 417 g/mol. The summed E-state index contributed by atoms with van der Waals surface area (Å²) in [4.78, 5) is 23.0. The van der Waals surface area contributed by atoms with E-state index in [1.165, 1.54) is 18.2 Å². The van der Waals surface area contributed by atoms with Crippen LogP contribution in [0.3, 0.4) is 0 Å². The molecule has 2 N–H and O–H groups in total. The summed E-state index contributed by atoms with van der Waals surface area (Å²) in [5.74, 6) is 0.691. The van der Waals surface area contributed by atoms with E-state index < -0.39 is 4.92 Å². The average Bonchev–Trinajstić information content (AvgIpc) is 3.27. The molecule has 31 heavy (non-hydrogen) atoms. The summed E-state index contributed by atoms with van der Waals surface area (Å²) >= 11 is 0. The number of imidazole rings is 1. The Morgan fingerprint density at radius 2 is 1.77 bits per heavy atom. The second-order valence-electron chi connectivity index (χ2n) is 6.97. The van der Waals surface area contributed by atoms with Crippen molar-refractivity contribution in [3.05, 3.63) is 94.7 Å². The van der Waals surface area contributed by atoms with Crippen molar-refractivity contribution in [3.8, 4) is 22.5 Å². The molecule has 0 aliphatic carbocycles. The molecule has 156 valence electrons. The minimum Gasteiger partial charge on any atom is -0.364 e. The van der Waals surface area contributed by atoms with Gasteiger partial charge in [-0.15, -0.1) is 0 Å². The molecule has 0 atom stereocenters. The molecule has 0 radical (unpaired) electrons. The molecule has 0 fully saturated rings. The lowest BCUT2D eigenvalue weighted by atomic mass is 10.1. The van der Waals surface area contributed by atoms with Crippen molar-refractivity contribution >= 4 is 11.5 Å². The number of aryl methyl sites for hydroxylation is 1. The third-order valence-corrected chi connectivity index (χ3v) is 4.81. The summed E-state index contributed by atoms with van der Waals surface area (Å²) in [7, 11) is 0. The molecule has 8 heteroatoms. The molecule has 0 bridgehead atoms. The molecular weight excluding hydrogens is 397 g/mol. The van der Waals surface area contributed by atoms with Crippen LogP contribution in [0.1, 0.15) is 12.2 Å². The SMILES string of the molecule is O=[N+]([O-])c1ccc(-c2ccc(F)cc2)nc1NCCCc1ncc(-c2ccccc2)[nH]1. The van der Waals surface area contributed by atoms with Crippen molar-refractivity contribution in [3.63, 3.8) is 0 Å². The van der Waals surface area contributed by atoms with Crippen molar-refractivity contribution in [2.24, 2.45) is 0 Å². The van der Waals surface area contributed by atoms with Gasteiger partial charge in [0.2, 0.25) is 5.82 Å². The zero-order chi connectivity index (χ0) is 21.6. The minimum atomic E-state index is -0.470. The zero-order valence-electron chi connectivity index (χ0n) is 16.6. The Kier molecular flexibility index (Phi) is 5.98. The van der Waals surface area contributed by atoms with Crippen LogP contribution in [-0.2, 0) is 6.42 Å². The predicted molar refractivity (Wildman–Crippen MR) is 117 cm³/mol. The van der Waals surface area contributed by atoms with E-state index in [-0.39, 0.29) is 17.3 Å². The number of nitrogens with one attached hydrogen (secondary N) is 2. The fourth-order valence-corrected chi connectivity index (χ4v) is 3.23. The Labute approximate surface area is 178 Å². The number of halogens is 1. The van der Waals surface area contributed by atoms with Crippen molar-refractivity contribution in [2.75, 3.05) is 11.9 Å². The Morgan fingerprint density at radius 3 is 2.52 bits per heavy atom. The van der Waals surface area contributed by atoms with Gasteiger partial charge < -0.3 is 10.3 Å². The lowest BCUT2D eigenvalue weighted by molar-refractivity contribution is -0.384. The van der Waals surface area contributed by atoms with Crippen LogP contribution in [0.25, 0.3) is 22.5 Å². The highest BCUT2D eigenvalue weighted by atomic mass is 19.1. The predicted octanol–water partition coefficient (Wildman–Crippen LogP) is 5.23. The van der Waals surface area contributed by atoms with E-state index in [9.17, 15) is 14.5 Å². The largest absolute Gasteiger partial charge is 0.364 e. The van der Waals surface area contributed by atoms with E-state index in [1.807, 2.05) is 30.3 Å². The average molecular weight is 417 g/mol. The lowest BCUT2D eigenvalue weighted by Crippen LogP contribution is -2.08. The second kappa shape index (κ2) is 9.17. The molecule has 0 aliphatic heterocycles. The molecule has 2 aromatic carbocycles. The zero-order valence-corrected chi connectivity index (χ0v) is 16.6. The molecule has 0 amide bonds. The van der Waals surface area contributed by atoms with Crippen molar-refractivity contribution in [1.82, 2.24) is 15.0 Å². The van der Waals surface area contributed by atoms with E-state index in [2.05, 4.69) is 20.3 Å². The molecule has 0 unspecified atom stereocenters. The molecule has 0 aliphatic rings. The fraction of sp³-hybridized carbons (Fsp3) is 0.130. The number of aromatic nitrogens is 3. The van der Waals surface area contributed by atoms with Crippen molar-refractivity contribution in [2.45, 2.75) is 12.8 Å². The van der Waals surface area contributed by atoms with Crippen LogP contribution in [0, 0.1) is 15.9 Å². The maximum absolute atomic E-state index is 13.2. The van der Waals surface area contributed by atoms with E-state index in [1.54, 1.807) is 24.4 Å². The molecule has 2 heterocycles. The summed E-state index contributed by atoms with van der Waals surface area (Å²) in [5.41, 5.74) is 3.13. The minimum absolute atomic E-state index is 0.102. The molecular formula is C23H20FN5O2. The van der Waals surface area contributed by atoms with Gasteiger partial charge in [0.25, 0.3) is 0 Å². The number of aromatic amines is 1. The summed E-state index contributed by atoms with van der Waals surface area (Å²) in [6.07, 6.45) is 3.20. The summed E-state index contributed by atoms with van der Waals surface area (Å²) in [6.45, 7) is 0.488. The van der Waals surface area contributed by atoms with Crippen LogP contribution in [0.4, 0.5) is 15.9 Å². The van der Waals surface area contributed by atoms with Crippen LogP contribution in [0.5, 0.6) is 0 Å². The third-order valence-electron chi connectivity index (χ3n) is 4.81. The van der Waals surface area contributed by atoms with Gasteiger partial charge in [0.05, 0.1) is 22.5 Å². The first-order valence-corrected chi connectivity index (χ1v) is 9.85. The summed E-state index contributed by atoms with van der Waals surface area (Å²) in [6, 6.07) is 18.7. The van der Waals surface area contributed by atoms with Crippen molar-refractivity contribution in [1.29, 1.82) is 0 Å². The van der Waals surface area contributed by atoms with Crippen LogP contribution in [0.15, 0.2) is 72.9 Å². The number of H-pyrrole nitrogens is 1. The maximum atomic E-state index is 13.2. The Bertz CT molecular complexity index is 1180. The smallest absolute Gasteiger partial charge is 0.311 e. The molecule has 0 saturated carbocycles. The number of nitro groups is 1. The molecule has 7 nitrogen and oxygen atoms in total. The van der Waals surface area contributed by atoms with Crippen LogP contribution >= 0.6 is 0 Å². The summed E-state index contributed by atoms with van der Waals surface area (Å²) in [5, 5.41) is 14.4.